The van der Waals surface area contributed by atoms with Gasteiger partial charge in [-0.25, -0.2) is 9.37 Å². The van der Waals surface area contributed by atoms with Crippen molar-refractivity contribution in [1.82, 2.24) is 15.1 Å². The van der Waals surface area contributed by atoms with Crippen LogP contribution in [0.2, 0.25) is 0 Å². The van der Waals surface area contributed by atoms with Crippen LogP contribution in [0, 0.1) is 0 Å². The maximum atomic E-state index is 13.3. The van der Waals surface area contributed by atoms with Gasteiger partial charge in [0, 0.05) is 55.2 Å². The van der Waals surface area contributed by atoms with E-state index in [4.69, 9.17) is 9.26 Å². The number of pyridine rings is 1. The van der Waals surface area contributed by atoms with Gasteiger partial charge < -0.3 is 14.2 Å². The first-order valence-corrected chi connectivity index (χ1v) is 12.7. The van der Waals surface area contributed by atoms with E-state index < -0.39 is 5.83 Å². The molecule has 2 aromatic heterocycles. The molecular formula is C28H33FN4O3. The number of halogens is 1. The molecule has 1 aromatic carbocycles. The second-order valence-electron chi connectivity index (χ2n) is 9.06. The number of unbranched alkanes of at least 4 members (excludes halogenated alkanes) is 2. The summed E-state index contributed by atoms with van der Waals surface area (Å²) in [6.07, 6.45) is 7.50. The highest BCUT2D eigenvalue weighted by Gasteiger charge is 2.28. The van der Waals surface area contributed by atoms with Crippen molar-refractivity contribution in [3.8, 4) is 17.0 Å². The average molecular weight is 493 g/mol. The third kappa shape index (κ3) is 7.23. The minimum Gasteiger partial charge on any atom is -0.478 e. The Morgan fingerprint density at radius 3 is 2.75 bits per heavy atom. The third-order valence-corrected chi connectivity index (χ3v) is 6.13. The lowest BCUT2D eigenvalue weighted by atomic mass is 10.1. The lowest BCUT2D eigenvalue weighted by Crippen LogP contribution is -2.31. The molecule has 190 valence electrons. The molecule has 0 spiro atoms. The van der Waals surface area contributed by atoms with Gasteiger partial charge in [0.25, 0.3) is 0 Å². The van der Waals surface area contributed by atoms with Crippen LogP contribution in [0.3, 0.4) is 0 Å². The Balaban J connectivity index is 1.38. The number of carbonyl (C=O) groups excluding carboxylic acids is 1. The molecule has 1 aliphatic rings. The van der Waals surface area contributed by atoms with Gasteiger partial charge in [-0.2, -0.15) is 4.98 Å². The molecule has 0 bridgehead atoms. The maximum absolute atomic E-state index is 13.3. The van der Waals surface area contributed by atoms with Crippen molar-refractivity contribution in [3.05, 3.63) is 66.7 Å². The number of amides is 1. The summed E-state index contributed by atoms with van der Waals surface area (Å²) in [5, 5.41) is 4.06. The lowest BCUT2D eigenvalue weighted by Gasteiger charge is -2.23. The topological polar surface area (TPSA) is 81.4 Å². The van der Waals surface area contributed by atoms with Crippen molar-refractivity contribution >= 4 is 11.6 Å². The lowest BCUT2D eigenvalue weighted by molar-refractivity contribution is -0.118. The van der Waals surface area contributed by atoms with Crippen LogP contribution in [0.1, 0.15) is 69.5 Å². The van der Waals surface area contributed by atoms with Gasteiger partial charge in [-0.3, -0.25) is 4.79 Å². The zero-order chi connectivity index (χ0) is 25.3. The number of carbonyl (C=O) groups is 1. The first-order valence-electron chi connectivity index (χ1n) is 12.7. The van der Waals surface area contributed by atoms with Gasteiger partial charge in [-0.05, 0) is 56.4 Å². The molecule has 1 saturated carbocycles. The summed E-state index contributed by atoms with van der Waals surface area (Å²) in [6.45, 7) is 6.30. The number of aryl methyl sites for hydroxylation is 1. The SMILES string of the molecule is C=C(F)CCC(=O)N(CCCCCc1nc(C2CC2)no1)c1cccc(-c2ccc(OCC)nc2)c1. The number of allylic oxidation sites excluding steroid dienone is 1. The quantitative estimate of drug-likeness (QED) is 0.242. The highest BCUT2D eigenvalue weighted by atomic mass is 19.1. The number of hydrogen-bond acceptors (Lipinski definition) is 6. The molecule has 1 aliphatic carbocycles. The van der Waals surface area contributed by atoms with E-state index in [0.717, 1.165) is 61.2 Å². The Morgan fingerprint density at radius 2 is 2.03 bits per heavy atom. The van der Waals surface area contributed by atoms with Gasteiger partial charge in [-0.1, -0.05) is 30.3 Å². The predicted molar refractivity (Wildman–Crippen MR) is 137 cm³/mol. The van der Waals surface area contributed by atoms with Crippen molar-refractivity contribution in [3.63, 3.8) is 0 Å². The van der Waals surface area contributed by atoms with Gasteiger partial charge in [0.2, 0.25) is 17.7 Å². The largest absolute Gasteiger partial charge is 0.478 e. The highest BCUT2D eigenvalue weighted by molar-refractivity contribution is 5.94. The van der Waals surface area contributed by atoms with Gasteiger partial charge in [-0.15, -0.1) is 0 Å². The van der Waals surface area contributed by atoms with Crippen LogP contribution < -0.4 is 9.64 Å². The van der Waals surface area contributed by atoms with E-state index >= 15 is 0 Å². The monoisotopic (exact) mass is 492 g/mol. The number of hydrogen-bond donors (Lipinski definition) is 0. The fourth-order valence-electron chi connectivity index (χ4n) is 4.01. The molecule has 3 aromatic rings. The Hall–Kier alpha value is -3.55. The maximum Gasteiger partial charge on any atom is 0.227 e. The molecule has 0 saturated heterocycles. The standard InChI is InChI=1S/C28H33FN4O3/c1-3-35-25-15-14-23(19-30-25)22-8-7-9-24(18-22)33(27(34)16-11-20(2)29)17-6-4-5-10-26-31-28(32-36-26)21-12-13-21/h7-9,14-15,18-19,21H,2-6,10-13,16-17H2,1H3. The van der Waals surface area contributed by atoms with Crippen LogP contribution in [0.25, 0.3) is 11.1 Å². The number of anilines is 1. The summed E-state index contributed by atoms with van der Waals surface area (Å²) < 4.78 is 24.0. The molecule has 1 fully saturated rings. The smallest absolute Gasteiger partial charge is 0.227 e. The van der Waals surface area contributed by atoms with Crippen molar-refractivity contribution in [1.29, 1.82) is 0 Å². The van der Waals surface area contributed by atoms with E-state index in [1.54, 1.807) is 11.1 Å². The molecule has 4 rings (SSSR count). The fourth-order valence-corrected chi connectivity index (χ4v) is 4.01. The number of rotatable bonds is 14. The van der Waals surface area contributed by atoms with E-state index in [0.29, 0.717) is 30.8 Å². The van der Waals surface area contributed by atoms with Crippen molar-refractivity contribution < 1.29 is 18.4 Å². The Morgan fingerprint density at radius 1 is 1.17 bits per heavy atom. The molecule has 36 heavy (non-hydrogen) atoms. The summed E-state index contributed by atoms with van der Waals surface area (Å²) in [5.74, 6) is 1.97. The minimum atomic E-state index is -0.484. The van der Waals surface area contributed by atoms with Crippen LogP contribution in [0.5, 0.6) is 5.88 Å². The van der Waals surface area contributed by atoms with E-state index in [1.807, 2.05) is 43.3 Å². The fraction of sp³-hybridized carbons (Fsp3) is 0.429. The van der Waals surface area contributed by atoms with Crippen molar-refractivity contribution in [2.45, 2.75) is 64.2 Å². The minimum absolute atomic E-state index is 0.0261. The summed E-state index contributed by atoms with van der Waals surface area (Å²) >= 11 is 0. The van der Waals surface area contributed by atoms with E-state index in [2.05, 4.69) is 21.7 Å². The molecule has 7 nitrogen and oxygen atoms in total. The van der Waals surface area contributed by atoms with Crippen LogP contribution in [0.4, 0.5) is 10.1 Å². The highest BCUT2D eigenvalue weighted by Crippen LogP contribution is 2.38. The first-order chi connectivity index (χ1) is 17.5. The number of nitrogens with zero attached hydrogens (tertiary/aromatic N) is 4. The Kier molecular flexibility index (Phi) is 8.81. The molecule has 0 radical (unpaired) electrons. The van der Waals surface area contributed by atoms with E-state index in [9.17, 15) is 9.18 Å². The van der Waals surface area contributed by atoms with E-state index in [1.165, 1.54) is 0 Å². The Bertz CT molecular complexity index is 1160. The average Bonchev–Trinajstić information content (AvgIpc) is 3.63. The number of benzene rings is 1. The summed E-state index contributed by atoms with van der Waals surface area (Å²) in [7, 11) is 0. The Labute approximate surface area is 211 Å². The predicted octanol–water partition coefficient (Wildman–Crippen LogP) is 6.42. The van der Waals surface area contributed by atoms with Gasteiger partial charge >= 0.3 is 0 Å². The third-order valence-electron chi connectivity index (χ3n) is 6.13. The number of aromatic nitrogens is 3. The van der Waals surface area contributed by atoms with Gasteiger partial charge in [0.15, 0.2) is 5.82 Å². The second kappa shape index (κ2) is 12.4. The van der Waals surface area contributed by atoms with Gasteiger partial charge in [0.05, 0.1) is 12.4 Å². The summed E-state index contributed by atoms with van der Waals surface area (Å²) in [4.78, 5) is 23.6. The zero-order valence-corrected chi connectivity index (χ0v) is 20.8. The molecule has 2 heterocycles. The molecule has 0 unspecified atom stereocenters. The van der Waals surface area contributed by atoms with Crippen LogP contribution in [0.15, 0.2) is 59.5 Å². The van der Waals surface area contributed by atoms with Crippen molar-refractivity contribution in [2.24, 2.45) is 0 Å². The molecular weight excluding hydrogens is 459 g/mol. The summed E-state index contributed by atoms with van der Waals surface area (Å²) in [5.41, 5.74) is 2.65. The van der Waals surface area contributed by atoms with E-state index in [-0.39, 0.29) is 18.7 Å². The second-order valence-corrected chi connectivity index (χ2v) is 9.06. The normalized spacial score (nSPS) is 12.9. The van der Waals surface area contributed by atoms with Crippen LogP contribution in [-0.2, 0) is 11.2 Å². The molecule has 1 amide bonds. The van der Waals surface area contributed by atoms with Crippen molar-refractivity contribution in [2.75, 3.05) is 18.1 Å². The summed E-state index contributed by atoms with van der Waals surface area (Å²) in [6, 6.07) is 11.6. The number of ether oxygens (including phenoxy) is 1. The molecule has 8 heteroatoms. The molecule has 0 aliphatic heterocycles. The van der Waals surface area contributed by atoms with Crippen LogP contribution in [-0.4, -0.2) is 34.2 Å². The van der Waals surface area contributed by atoms with Gasteiger partial charge in [0.1, 0.15) is 0 Å². The molecule has 0 N–H and O–H groups in total. The zero-order valence-electron chi connectivity index (χ0n) is 20.8. The molecule has 0 atom stereocenters. The first kappa shape index (κ1) is 25.5. The van der Waals surface area contributed by atoms with Crippen LogP contribution >= 0.6 is 0 Å².